The van der Waals surface area contributed by atoms with Crippen LogP contribution in [0.2, 0.25) is 0 Å². The molecule has 2 aromatic heterocycles. The molecule has 32 heavy (non-hydrogen) atoms. The van der Waals surface area contributed by atoms with Gasteiger partial charge in [-0.3, -0.25) is 4.79 Å². The predicted octanol–water partition coefficient (Wildman–Crippen LogP) is 2.39. The quantitative estimate of drug-likeness (QED) is 0.495. The Morgan fingerprint density at radius 2 is 1.75 bits per heavy atom. The van der Waals surface area contributed by atoms with Gasteiger partial charge in [-0.05, 0) is 53.2 Å². The van der Waals surface area contributed by atoms with Crippen molar-refractivity contribution < 1.29 is 4.79 Å². The number of carbonyl (C=O) groups excluding carboxylic acids is 1. The van der Waals surface area contributed by atoms with Crippen LogP contribution in [0.5, 0.6) is 0 Å². The van der Waals surface area contributed by atoms with Crippen molar-refractivity contribution in [1.29, 1.82) is 0 Å². The zero-order valence-corrected chi connectivity index (χ0v) is 17.7. The number of hydrogen-bond donors (Lipinski definition) is 0. The van der Waals surface area contributed by atoms with Crippen LogP contribution < -0.4 is 4.90 Å². The van der Waals surface area contributed by atoms with Crippen molar-refractivity contribution >= 4 is 11.7 Å². The Balaban J connectivity index is 1.24. The average Bonchev–Trinajstić information content (AvgIpc) is 3.40. The predicted molar refractivity (Wildman–Crippen MR) is 119 cm³/mol. The second-order valence-corrected chi connectivity index (χ2v) is 7.68. The number of nitrogens with zero attached hydrogens (tertiary/aromatic N) is 8. The SMILES string of the molecule is Cc1ccccc1-c1ccc(N2CCN(C(=O)c3cccc(-n4cnnn4)c3)CC2)nn1. The fourth-order valence-electron chi connectivity index (χ4n) is 3.88. The summed E-state index contributed by atoms with van der Waals surface area (Å²) < 4.78 is 1.54. The number of rotatable bonds is 4. The van der Waals surface area contributed by atoms with E-state index in [1.807, 2.05) is 47.4 Å². The minimum absolute atomic E-state index is 0.000518. The molecule has 0 unspecified atom stereocenters. The molecule has 1 aliphatic rings. The maximum absolute atomic E-state index is 13.0. The molecule has 0 N–H and O–H groups in total. The first kappa shape index (κ1) is 19.8. The number of anilines is 1. The largest absolute Gasteiger partial charge is 0.352 e. The molecule has 1 saturated heterocycles. The smallest absolute Gasteiger partial charge is 0.254 e. The lowest BCUT2D eigenvalue weighted by Gasteiger charge is -2.35. The van der Waals surface area contributed by atoms with Gasteiger partial charge >= 0.3 is 0 Å². The molecule has 0 radical (unpaired) electrons. The molecule has 9 heteroatoms. The zero-order chi connectivity index (χ0) is 21.9. The molecular formula is C23H22N8O. The fourth-order valence-corrected chi connectivity index (χ4v) is 3.88. The molecule has 1 amide bonds. The van der Waals surface area contributed by atoms with Crippen molar-refractivity contribution in [3.05, 3.63) is 78.1 Å². The number of carbonyl (C=O) groups is 1. The van der Waals surface area contributed by atoms with Gasteiger partial charge in [0, 0.05) is 37.3 Å². The van der Waals surface area contributed by atoms with Gasteiger partial charge in [0.1, 0.15) is 6.33 Å². The summed E-state index contributed by atoms with van der Waals surface area (Å²) in [5.41, 5.74) is 4.50. The highest BCUT2D eigenvalue weighted by Crippen LogP contribution is 2.22. The second kappa shape index (κ2) is 8.54. The van der Waals surface area contributed by atoms with E-state index >= 15 is 0 Å². The van der Waals surface area contributed by atoms with E-state index in [2.05, 4.69) is 49.7 Å². The van der Waals surface area contributed by atoms with E-state index in [1.54, 1.807) is 6.07 Å². The highest BCUT2D eigenvalue weighted by molar-refractivity contribution is 5.95. The van der Waals surface area contributed by atoms with Gasteiger partial charge in [-0.1, -0.05) is 30.3 Å². The van der Waals surface area contributed by atoms with Crippen LogP contribution in [0, 0.1) is 6.92 Å². The van der Waals surface area contributed by atoms with Gasteiger partial charge in [-0.15, -0.1) is 15.3 Å². The van der Waals surface area contributed by atoms with Crippen LogP contribution in [0.4, 0.5) is 5.82 Å². The molecule has 1 fully saturated rings. The number of piperazine rings is 1. The third-order valence-electron chi connectivity index (χ3n) is 5.67. The molecule has 4 aromatic rings. The van der Waals surface area contributed by atoms with Gasteiger partial charge in [0.25, 0.3) is 5.91 Å². The number of aryl methyl sites for hydroxylation is 1. The van der Waals surface area contributed by atoms with Crippen molar-refractivity contribution in [3.63, 3.8) is 0 Å². The minimum Gasteiger partial charge on any atom is -0.352 e. The Morgan fingerprint density at radius 3 is 2.47 bits per heavy atom. The average molecular weight is 426 g/mol. The summed E-state index contributed by atoms with van der Waals surface area (Å²) in [7, 11) is 0. The van der Waals surface area contributed by atoms with Crippen molar-refractivity contribution in [2.75, 3.05) is 31.1 Å². The van der Waals surface area contributed by atoms with Crippen molar-refractivity contribution in [1.82, 2.24) is 35.3 Å². The molecule has 160 valence electrons. The number of amides is 1. The number of tetrazole rings is 1. The molecule has 9 nitrogen and oxygen atoms in total. The van der Waals surface area contributed by atoms with E-state index in [9.17, 15) is 4.79 Å². The third-order valence-corrected chi connectivity index (χ3v) is 5.67. The lowest BCUT2D eigenvalue weighted by Crippen LogP contribution is -2.49. The number of aromatic nitrogens is 6. The summed E-state index contributed by atoms with van der Waals surface area (Å²) in [5.74, 6) is 0.829. The molecular weight excluding hydrogens is 404 g/mol. The molecule has 0 aliphatic carbocycles. The van der Waals surface area contributed by atoms with Gasteiger partial charge in [-0.2, -0.15) is 0 Å². The third kappa shape index (κ3) is 3.92. The Labute approximate surface area is 185 Å². The monoisotopic (exact) mass is 426 g/mol. The van der Waals surface area contributed by atoms with Crippen LogP contribution in [0.25, 0.3) is 16.9 Å². The lowest BCUT2D eigenvalue weighted by atomic mass is 10.1. The minimum atomic E-state index is 0.000518. The van der Waals surface area contributed by atoms with Gasteiger partial charge in [0.05, 0.1) is 11.4 Å². The number of benzene rings is 2. The highest BCUT2D eigenvalue weighted by Gasteiger charge is 2.23. The molecule has 3 heterocycles. The Bertz CT molecular complexity index is 1220. The first-order valence-electron chi connectivity index (χ1n) is 10.5. The Morgan fingerprint density at radius 1 is 0.906 bits per heavy atom. The Kier molecular flexibility index (Phi) is 5.29. The topological polar surface area (TPSA) is 92.9 Å². The van der Waals surface area contributed by atoms with E-state index in [0.29, 0.717) is 31.7 Å². The maximum Gasteiger partial charge on any atom is 0.254 e. The highest BCUT2D eigenvalue weighted by atomic mass is 16.2. The summed E-state index contributed by atoms with van der Waals surface area (Å²) in [6.07, 6.45) is 1.51. The van der Waals surface area contributed by atoms with Gasteiger partial charge in [0.2, 0.25) is 0 Å². The van der Waals surface area contributed by atoms with Crippen LogP contribution >= 0.6 is 0 Å². The lowest BCUT2D eigenvalue weighted by molar-refractivity contribution is 0.0746. The first-order chi connectivity index (χ1) is 15.7. The van der Waals surface area contributed by atoms with Gasteiger partial charge in [-0.25, -0.2) is 4.68 Å². The maximum atomic E-state index is 13.0. The van der Waals surface area contributed by atoms with E-state index in [-0.39, 0.29) is 5.91 Å². The van der Waals surface area contributed by atoms with Crippen LogP contribution in [0.1, 0.15) is 15.9 Å². The van der Waals surface area contributed by atoms with Crippen molar-refractivity contribution in [2.45, 2.75) is 6.92 Å². The summed E-state index contributed by atoms with van der Waals surface area (Å²) in [4.78, 5) is 17.0. The molecule has 2 aromatic carbocycles. The van der Waals surface area contributed by atoms with E-state index in [1.165, 1.54) is 16.6 Å². The van der Waals surface area contributed by atoms with Crippen LogP contribution in [-0.2, 0) is 0 Å². The summed E-state index contributed by atoms with van der Waals surface area (Å²) in [5, 5.41) is 20.0. The summed E-state index contributed by atoms with van der Waals surface area (Å²) >= 11 is 0. The normalized spacial score (nSPS) is 13.9. The number of hydrogen-bond acceptors (Lipinski definition) is 7. The van der Waals surface area contributed by atoms with Gasteiger partial charge in [0.15, 0.2) is 5.82 Å². The van der Waals surface area contributed by atoms with Gasteiger partial charge < -0.3 is 9.80 Å². The molecule has 0 saturated carbocycles. The van der Waals surface area contributed by atoms with Crippen molar-refractivity contribution in [3.8, 4) is 16.9 Å². The van der Waals surface area contributed by atoms with E-state index in [0.717, 1.165) is 22.8 Å². The zero-order valence-electron chi connectivity index (χ0n) is 17.7. The molecule has 0 spiro atoms. The standard InChI is InChI=1S/C23H22N8O/c1-17-5-2-3-8-20(17)21-9-10-22(26-25-21)29-11-13-30(14-12-29)23(32)18-6-4-7-19(15-18)31-16-24-27-28-31/h2-10,15-16H,11-14H2,1H3. The second-order valence-electron chi connectivity index (χ2n) is 7.68. The Hall–Kier alpha value is -4.14. The van der Waals surface area contributed by atoms with Crippen LogP contribution in [-0.4, -0.2) is 67.4 Å². The molecule has 1 aliphatic heterocycles. The van der Waals surface area contributed by atoms with E-state index in [4.69, 9.17) is 0 Å². The van der Waals surface area contributed by atoms with Crippen molar-refractivity contribution in [2.24, 2.45) is 0 Å². The molecule has 5 rings (SSSR count). The first-order valence-corrected chi connectivity index (χ1v) is 10.5. The summed E-state index contributed by atoms with van der Waals surface area (Å²) in [6.45, 7) is 4.72. The van der Waals surface area contributed by atoms with E-state index < -0.39 is 0 Å². The summed E-state index contributed by atoms with van der Waals surface area (Å²) in [6, 6.07) is 19.5. The molecule has 0 atom stereocenters. The molecule has 0 bridgehead atoms. The fraction of sp³-hybridized carbons (Fsp3) is 0.217. The van der Waals surface area contributed by atoms with Crippen LogP contribution in [0.3, 0.4) is 0 Å². The van der Waals surface area contributed by atoms with Crippen LogP contribution in [0.15, 0.2) is 67.0 Å².